The molecule has 1 aliphatic rings. The van der Waals surface area contributed by atoms with Gasteiger partial charge >= 0.3 is 0 Å². The molecule has 0 radical (unpaired) electrons. The largest absolute Gasteiger partial charge is 0.382 e. The summed E-state index contributed by atoms with van der Waals surface area (Å²) in [4.78, 5) is 2.32. The van der Waals surface area contributed by atoms with E-state index in [0.29, 0.717) is 5.92 Å². The first-order valence-corrected chi connectivity index (χ1v) is 6.69. The van der Waals surface area contributed by atoms with Gasteiger partial charge in [-0.3, -0.25) is 0 Å². The average molecular weight is 236 g/mol. The third-order valence-electron chi connectivity index (χ3n) is 2.86. The van der Waals surface area contributed by atoms with Crippen molar-refractivity contribution in [3.63, 3.8) is 0 Å². The summed E-state index contributed by atoms with van der Waals surface area (Å²) in [7, 11) is 2.16. The minimum atomic E-state index is 0. The molecular formula is C15H28N2. The summed E-state index contributed by atoms with van der Waals surface area (Å²) in [5, 5.41) is 3.42. The molecule has 17 heavy (non-hydrogen) atoms. The molecule has 0 saturated carbocycles. The van der Waals surface area contributed by atoms with Crippen LogP contribution in [0.2, 0.25) is 0 Å². The lowest BCUT2D eigenvalue weighted by Gasteiger charge is -2.29. The molecule has 98 valence electrons. The maximum absolute atomic E-state index is 3.42. The second-order valence-electron chi connectivity index (χ2n) is 4.99. The number of likely N-dealkylation sites (N-methyl/N-ethyl adjacent to an activating group) is 1. The lowest BCUT2D eigenvalue weighted by atomic mass is 10.0. The fourth-order valence-corrected chi connectivity index (χ4v) is 1.85. The molecule has 1 N–H and O–H groups in total. The molecule has 0 aromatic heterocycles. The third-order valence-corrected chi connectivity index (χ3v) is 2.86. The van der Waals surface area contributed by atoms with Gasteiger partial charge in [-0.15, -0.1) is 0 Å². The average Bonchev–Trinajstić information content (AvgIpc) is 2.30. The van der Waals surface area contributed by atoms with Crippen molar-refractivity contribution in [2.45, 2.75) is 40.0 Å². The minimum Gasteiger partial charge on any atom is -0.382 e. The van der Waals surface area contributed by atoms with E-state index in [1.54, 1.807) is 0 Å². The van der Waals surface area contributed by atoms with E-state index in [1.165, 1.54) is 23.4 Å². The van der Waals surface area contributed by atoms with Crippen molar-refractivity contribution in [3.05, 3.63) is 23.8 Å². The molecule has 0 saturated heterocycles. The van der Waals surface area contributed by atoms with E-state index in [4.69, 9.17) is 0 Å². The molecule has 0 fully saturated rings. The lowest BCUT2D eigenvalue weighted by Crippen LogP contribution is -2.30. The molecule has 1 aromatic rings. The molecular weight excluding hydrogens is 208 g/mol. The Balaban J connectivity index is 0.000000660. The van der Waals surface area contributed by atoms with Gasteiger partial charge in [0.15, 0.2) is 0 Å². The molecule has 1 heterocycles. The zero-order valence-corrected chi connectivity index (χ0v) is 11.9. The number of hydrogen-bond donors (Lipinski definition) is 1. The number of benzene rings is 1. The van der Waals surface area contributed by atoms with Crippen LogP contribution in [-0.4, -0.2) is 20.1 Å². The van der Waals surface area contributed by atoms with Crippen LogP contribution in [0, 0.1) is 0 Å². The maximum atomic E-state index is 3.42. The summed E-state index contributed by atoms with van der Waals surface area (Å²) in [5.41, 5.74) is 4.02. The predicted molar refractivity (Wildman–Crippen MR) is 80.4 cm³/mol. The van der Waals surface area contributed by atoms with E-state index in [2.05, 4.69) is 63.2 Å². The molecule has 0 unspecified atom stereocenters. The summed E-state index contributed by atoms with van der Waals surface area (Å²) in [6, 6.07) is 6.71. The van der Waals surface area contributed by atoms with E-state index in [9.17, 15) is 0 Å². The highest BCUT2D eigenvalue weighted by molar-refractivity contribution is 5.72. The first kappa shape index (κ1) is 13.9. The molecule has 2 heteroatoms. The van der Waals surface area contributed by atoms with Crippen LogP contribution in [0.3, 0.4) is 0 Å². The Morgan fingerprint density at radius 2 is 2.00 bits per heavy atom. The van der Waals surface area contributed by atoms with Gasteiger partial charge in [0.1, 0.15) is 0 Å². The molecule has 0 atom stereocenters. The van der Waals surface area contributed by atoms with Crippen LogP contribution in [0.15, 0.2) is 18.2 Å². The predicted octanol–water partition coefficient (Wildman–Crippen LogP) is 4.33. The summed E-state index contributed by atoms with van der Waals surface area (Å²) in [6.45, 7) is 10.9. The fourth-order valence-electron chi connectivity index (χ4n) is 1.85. The van der Waals surface area contributed by atoms with Crippen LogP contribution in [0.25, 0.3) is 0 Å². The Bertz CT molecular complexity index is 350. The Morgan fingerprint density at radius 1 is 1.35 bits per heavy atom. The first-order chi connectivity index (χ1) is 8.10. The van der Waals surface area contributed by atoms with Gasteiger partial charge in [-0.1, -0.05) is 40.2 Å². The lowest BCUT2D eigenvalue weighted by molar-refractivity contribution is 0.850. The van der Waals surface area contributed by atoms with Gasteiger partial charge in [0.25, 0.3) is 0 Å². The molecule has 0 bridgehead atoms. The Labute approximate surface area is 108 Å². The van der Waals surface area contributed by atoms with Crippen LogP contribution in [-0.2, 0) is 0 Å². The van der Waals surface area contributed by atoms with E-state index >= 15 is 0 Å². The number of rotatable bonds is 1. The second kappa shape index (κ2) is 6.53. The smallest absolute Gasteiger partial charge is 0.0602 e. The third kappa shape index (κ3) is 3.65. The molecule has 0 amide bonds. The number of nitrogens with one attached hydrogen (secondary N) is 1. The van der Waals surface area contributed by atoms with E-state index in [0.717, 1.165) is 13.1 Å². The monoisotopic (exact) mass is 236 g/mol. The topological polar surface area (TPSA) is 15.3 Å². The van der Waals surface area contributed by atoms with Crippen molar-refractivity contribution in [1.29, 1.82) is 0 Å². The van der Waals surface area contributed by atoms with Gasteiger partial charge in [-0.2, -0.15) is 0 Å². The number of anilines is 2. The minimum absolute atomic E-state index is 0. The molecule has 0 aliphatic carbocycles. The van der Waals surface area contributed by atoms with Crippen molar-refractivity contribution in [3.8, 4) is 0 Å². The number of hydrogen-bond acceptors (Lipinski definition) is 2. The van der Waals surface area contributed by atoms with Gasteiger partial charge in [0, 0.05) is 21.6 Å². The van der Waals surface area contributed by atoms with E-state index in [1.807, 2.05) is 0 Å². The van der Waals surface area contributed by atoms with E-state index < -0.39 is 0 Å². The number of fused-ring (bicyclic) bond motifs is 1. The molecule has 0 spiro atoms. The maximum Gasteiger partial charge on any atom is 0.0602 e. The Morgan fingerprint density at radius 3 is 2.59 bits per heavy atom. The zero-order valence-electron chi connectivity index (χ0n) is 11.9. The van der Waals surface area contributed by atoms with Crippen LogP contribution in [0.5, 0.6) is 0 Å². The van der Waals surface area contributed by atoms with Crippen molar-refractivity contribution in [2.24, 2.45) is 0 Å². The van der Waals surface area contributed by atoms with Crippen LogP contribution < -0.4 is 10.2 Å². The van der Waals surface area contributed by atoms with Gasteiger partial charge < -0.3 is 10.2 Å². The van der Waals surface area contributed by atoms with Gasteiger partial charge in [0.05, 0.1) is 11.4 Å². The first-order valence-electron chi connectivity index (χ1n) is 6.69. The van der Waals surface area contributed by atoms with Crippen LogP contribution in [0.4, 0.5) is 11.4 Å². The molecule has 1 aliphatic heterocycles. The fraction of sp³-hybridized carbons (Fsp3) is 0.600. The molecule has 2 nitrogen and oxygen atoms in total. The van der Waals surface area contributed by atoms with Gasteiger partial charge in [-0.05, 0) is 23.6 Å². The van der Waals surface area contributed by atoms with Gasteiger partial charge in [-0.25, -0.2) is 0 Å². The zero-order chi connectivity index (χ0) is 12.8. The summed E-state index contributed by atoms with van der Waals surface area (Å²) in [5.74, 6) is 0.607. The second-order valence-corrected chi connectivity index (χ2v) is 4.99. The molecule has 1 aromatic carbocycles. The highest BCUT2D eigenvalue weighted by Gasteiger charge is 2.13. The van der Waals surface area contributed by atoms with Gasteiger partial charge in [0.2, 0.25) is 0 Å². The van der Waals surface area contributed by atoms with Crippen molar-refractivity contribution in [2.75, 3.05) is 30.4 Å². The van der Waals surface area contributed by atoms with Crippen molar-refractivity contribution >= 4 is 11.4 Å². The van der Waals surface area contributed by atoms with Crippen molar-refractivity contribution in [1.82, 2.24) is 0 Å². The quantitative estimate of drug-likeness (QED) is 0.780. The van der Waals surface area contributed by atoms with Crippen LogP contribution >= 0.6 is 0 Å². The Kier molecular flexibility index (Phi) is 5.33. The Hall–Kier alpha value is -1.18. The highest BCUT2D eigenvalue weighted by atomic mass is 15.2. The summed E-state index contributed by atoms with van der Waals surface area (Å²) in [6.07, 6.45) is 1.25. The van der Waals surface area contributed by atoms with E-state index in [-0.39, 0.29) is 1.43 Å². The molecule has 2 rings (SSSR count). The number of nitrogens with zero attached hydrogens (tertiary/aromatic N) is 1. The highest BCUT2D eigenvalue weighted by Crippen LogP contribution is 2.31. The SMILES string of the molecule is CC(C)c1ccc2c(c1)N(C)CCN2.CCC.[HH]. The normalized spacial score (nSPS) is 13.6. The summed E-state index contributed by atoms with van der Waals surface area (Å²) < 4.78 is 0. The standard InChI is InChI=1S/C12H18N2.C3H8.H2/c1-9(2)10-4-5-11-12(8-10)14(3)7-6-13-11;1-3-2;/h4-5,8-9,13H,6-7H2,1-3H3;3H2,1-2H3;1H. The van der Waals surface area contributed by atoms with Crippen LogP contribution in [0.1, 0.15) is 47.0 Å². The van der Waals surface area contributed by atoms with Crippen molar-refractivity contribution < 1.29 is 1.43 Å². The summed E-state index contributed by atoms with van der Waals surface area (Å²) >= 11 is 0.